The summed E-state index contributed by atoms with van der Waals surface area (Å²) in [6.45, 7) is 5.97. The van der Waals surface area contributed by atoms with E-state index in [1.165, 1.54) is 0 Å². The van der Waals surface area contributed by atoms with Crippen molar-refractivity contribution in [3.05, 3.63) is 66.2 Å². The van der Waals surface area contributed by atoms with Gasteiger partial charge in [0, 0.05) is 23.6 Å². The van der Waals surface area contributed by atoms with E-state index in [2.05, 4.69) is 5.32 Å². The number of carbonyl (C=O) groups is 2. The Morgan fingerprint density at radius 1 is 1.09 bits per heavy atom. The Hall–Kier alpha value is -3.41. The van der Waals surface area contributed by atoms with E-state index in [0.29, 0.717) is 5.82 Å². The van der Waals surface area contributed by atoms with Crippen molar-refractivity contribution < 1.29 is 9.59 Å². The molecule has 1 saturated carbocycles. The number of rotatable bonds is 7. The third-order valence-electron chi connectivity index (χ3n) is 6.00. The summed E-state index contributed by atoms with van der Waals surface area (Å²) < 4.78 is 1.74. The quantitative estimate of drug-likeness (QED) is 0.584. The average Bonchev–Trinajstić information content (AvgIpc) is 3.15. The number of anilines is 1. The molecule has 0 spiro atoms. The number of nitrogens with one attached hydrogen (secondary N) is 1. The molecule has 2 amide bonds. The lowest BCUT2D eigenvalue weighted by Crippen LogP contribution is -2.46. The zero-order valence-electron chi connectivity index (χ0n) is 18.9. The van der Waals surface area contributed by atoms with Gasteiger partial charge >= 0.3 is 0 Å². The smallest absolute Gasteiger partial charge is 0.245 e. The average molecular weight is 431 g/mol. The molecule has 4 rings (SSSR count). The molecule has 1 fully saturated rings. The van der Waals surface area contributed by atoms with E-state index in [4.69, 9.17) is 5.10 Å². The molecule has 0 unspecified atom stereocenters. The molecule has 1 aliphatic rings. The van der Waals surface area contributed by atoms with Crippen LogP contribution in [0.5, 0.6) is 0 Å². The van der Waals surface area contributed by atoms with Gasteiger partial charge in [0.25, 0.3) is 0 Å². The summed E-state index contributed by atoms with van der Waals surface area (Å²) in [6.07, 6.45) is 2.93. The van der Waals surface area contributed by atoms with Gasteiger partial charge in [0.05, 0.1) is 11.4 Å². The minimum Gasteiger partial charge on any atom is -0.331 e. The van der Waals surface area contributed by atoms with Gasteiger partial charge in [-0.1, -0.05) is 54.4 Å². The van der Waals surface area contributed by atoms with Gasteiger partial charge in [-0.15, -0.1) is 0 Å². The number of nitrogens with zero attached hydrogens (tertiary/aromatic N) is 3. The number of aryl methyl sites for hydroxylation is 1. The first-order valence-corrected chi connectivity index (χ1v) is 11.2. The molecule has 166 valence electrons. The van der Waals surface area contributed by atoms with Crippen molar-refractivity contribution in [3.8, 4) is 16.9 Å². The van der Waals surface area contributed by atoms with Crippen molar-refractivity contribution in [1.82, 2.24) is 14.7 Å². The fraction of sp³-hybridized carbons (Fsp3) is 0.346. The number of aromatic nitrogens is 2. The maximum Gasteiger partial charge on any atom is 0.245 e. The molecule has 0 bridgehead atoms. The monoisotopic (exact) mass is 430 g/mol. The van der Waals surface area contributed by atoms with Gasteiger partial charge in [0.15, 0.2) is 0 Å². The van der Waals surface area contributed by atoms with Crippen molar-refractivity contribution in [1.29, 1.82) is 0 Å². The van der Waals surface area contributed by atoms with Crippen molar-refractivity contribution in [3.63, 3.8) is 0 Å². The summed E-state index contributed by atoms with van der Waals surface area (Å²) in [7, 11) is 0. The second-order valence-corrected chi connectivity index (χ2v) is 8.76. The second-order valence-electron chi connectivity index (χ2n) is 8.76. The van der Waals surface area contributed by atoms with Crippen molar-refractivity contribution in [2.75, 3.05) is 11.9 Å². The van der Waals surface area contributed by atoms with Gasteiger partial charge in [-0.2, -0.15) is 5.10 Å². The molecule has 32 heavy (non-hydrogen) atoms. The summed E-state index contributed by atoms with van der Waals surface area (Å²) in [6, 6.07) is 19.7. The summed E-state index contributed by atoms with van der Waals surface area (Å²) >= 11 is 0. The topological polar surface area (TPSA) is 67.2 Å². The molecule has 1 N–H and O–H groups in total. The first-order valence-electron chi connectivity index (χ1n) is 11.2. The molecule has 6 heteroatoms. The minimum atomic E-state index is -0.223. The normalized spacial score (nSPS) is 13.6. The van der Waals surface area contributed by atoms with E-state index in [0.717, 1.165) is 41.8 Å². The van der Waals surface area contributed by atoms with Crippen LogP contribution >= 0.6 is 0 Å². The molecule has 3 aromatic rings. The molecule has 0 atom stereocenters. The van der Waals surface area contributed by atoms with Crippen LogP contribution in [0.1, 0.15) is 38.7 Å². The zero-order chi connectivity index (χ0) is 22.7. The highest BCUT2D eigenvalue weighted by Gasteiger charge is 2.31. The Bertz CT molecular complexity index is 1080. The second kappa shape index (κ2) is 9.39. The summed E-state index contributed by atoms with van der Waals surface area (Å²) in [4.78, 5) is 27.5. The maximum absolute atomic E-state index is 13.0. The summed E-state index contributed by atoms with van der Waals surface area (Å²) in [5, 5.41) is 7.75. The maximum atomic E-state index is 13.0. The fourth-order valence-electron chi connectivity index (χ4n) is 3.84. The molecule has 0 radical (unpaired) electrons. The summed E-state index contributed by atoms with van der Waals surface area (Å²) in [5.41, 5.74) is 3.75. The fourth-order valence-corrected chi connectivity index (χ4v) is 3.84. The van der Waals surface area contributed by atoms with Crippen LogP contribution in [0.25, 0.3) is 16.9 Å². The molecular weight excluding hydrogens is 400 g/mol. The van der Waals surface area contributed by atoms with Crippen molar-refractivity contribution in [2.24, 2.45) is 5.92 Å². The molecule has 1 aliphatic carbocycles. The van der Waals surface area contributed by atoms with E-state index in [-0.39, 0.29) is 30.3 Å². The van der Waals surface area contributed by atoms with Crippen LogP contribution in [0, 0.1) is 12.8 Å². The number of hydrogen-bond acceptors (Lipinski definition) is 3. The van der Waals surface area contributed by atoms with Gasteiger partial charge in [-0.05, 0) is 45.7 Å². The standard InChI is InChI=1S/C26H30N4O2/c1-18(2)29(26(32)21-10-7-11-21)17-25(31)27-24-16-23(20-8-5-4-6-9-20)28-30(24)22-14-12-19(3)13-15-22/h4-6,8-9,12-16,18,21H,7,10-11,17H2,1-3H3,(H,27,31). The van der Waals surface area contributed by atoms with E-state index < -0.39 is 0 Å². The lowest BCUT2D eigenvalue weighted by atomic mass is 9.84. The van der Waals surface area contributed by atoms with Crippen LogP contribution in [0.4, 0.5) is 5.82 Å². The molecule has 6 nitrogen and oxygen atoms in total. The minimum absolute atomic E-state index is 0.0317. The lowest BCUT2D eigenvalue weighted by Gasteiger charge is -2.33. The Labute approximate surface area is 189 Å². The Balaban J connectivity index is 1.59. The molecular formula is C26H30N4O2. The molecule has 1 aromatic heterocycles. The van der Waals surface area contributed by atoms with Crippen LogP contribution in [0.15, 0.2) is 60.7 Å². The van der Waals surface area contributed by atoms with Crippen LogP contribution in [-0.4, -0.2) is 39.1 Å². The first-order chi connectivity index (χ1) is 15.4. The van der Waals surface area contributed by atoms with Gasteiger partial charge in [0.2, 0.25) is 11.8 Å². The van der Waals surface area contributed by atoms with Crippen LogP contribution in [0.3, 0.4) is 0 Å². The lowest BCUT2D eigenvalue weighted by molar-refractivity contribution is -0.142. The SMILES string of the molecule is Cc1ccc(-n2nc(-c3ccccc3)cc2NC(=O)CN(C(=O)C2CCC2)C(C)C)cc1. The van der Waals surface area contributed by atoms with Crippen molar-refractivity contribution >= 4 is 17.6 Å². The number of amides is 2. The highest BCUT2D eigenvalue weighted by Crippen LogP contribution is 2.29. The molecule has 0 saturated heterocycles. The predicted molar refractivity (Wildman–Crippen MR) is 127 cm³/mol. The highest BCUT2D eigenvalue weighted by atomic mass is 16.2. The van der Waals surface area contributed by atoms with Crippen LogP contribution < -0.4 is 5.32 Å². The van der Waals surface area contributed by atoms with E-state index in [9.17, 15) is 9.59 Å². The molecule has 1 heterocycles. The van der Waals surface area contributed by atoms with Crippen molar-refractivity contribution in [2.45, 2.75) is 46.1 Å². The van der Waals surface area contributed by atoms with E-state index in [1.54, 1.807) is 9.58 Å². The van der Waals surface area contributed by atoms with Gasteiger partial charge in [0.1, 0.15) is 12.4 Å². The third kappa shape index (κ3) is 4.74. The zero-order valence-corrected chi connectivity index (χ0v) is 18.9. The van der Waals surface area contributed by atoms with Gasteiger partial charge in [-0.25, -0.2) is 4.68 Å². The Kier molecular flexibility index (Phi) is 6.40. The molecule has 2 aromatic carbocycles. The third-order valence-corrected chi connectivity index (χ3v) is 6.00. The first kappa shape index (κ1) is 21.8. The number of benzene rings is 2. The van der Waals surface area contributed by atoms with Gasteiger partial charge < -0.3 is 10.2 Å². The molecule has 0 aliphatic heterocycles. The van der Waals surface area contributed by atoms with Gasteiger partial charge in [-0.3, -0.25) is 9.59 Å². The van der Waals surface area contributed by atoms with Crippen LogP contribution in [0.2, 0.25) is 0 Å². The van der Waals surface area contributed by atoms with E-state index >= 15 is 0 Å². The largest absolute Gasteiger partial charge is 0.331 e. The number of carbonyl (C=O) groups excluding carboxylic acids is 2. The Morgan fingerprint density at radius 3 is 2.38 bits per heavy atom. The number of hydrogen-bond donors (Lipinski definition) is 1. The highest BCUT2D eigenvalue weighted by molar-refractivity contribution is 5.95. The predicted octanol–water partition coefficient (Wildman–Crippen LogP) is 4.82. The Morgan fingerprint density at radius 2 is 1.78 bits per heavy atom. The summed E-state index contributed by atoms with van der Waals surface area (Å²) in [5.74, 6) is 0.503. The van der Waals surface area contributed by atoms with Crippen LogP contribution in [-0.2, 0) is 9.59 Å². The van der Waals surface area contributed by atoms with E-state index in [1.807, 2.05) is 81.4 Å².